The first kappa shape index (κ1) is 44.7. The summed E-state index contributed by atoms with van der Waals surface area (Å²) in [5.41, 5.74) is 2.76. The fourth-order valence-electron chi connectivity index (χ4n) is 5.19. The van der Waals surface area contributed by atoms with Gasteiger partial charge in [-0.1, -0.05) is 90.6 Å². The summed E-state index contributed by atoms with van der Waals surface area (Å²) in [5, 5.41) is -7.11. The maximum Gasteiger partial charge on any atom is 0.460 e. The van der Waals surface area contributed by atoms with Gasteiger partial charge in [0, 0.05) is 32.0 Å². The molecule has 6 aromatic rings. The Hall–Kier alpha value is -5.36. The molecule has 0 fully saturated rings. The third kappa shape index (κ3) is 9.92. The van der Waals surface area contributed by atoms with Crippen molar-refractivity contribution in [3.8, 4) is 0 Å². The van der Waals surface area contributed by atoms with Gasteiger partial charge < -0.3 is 4.55 Å². The number of carbonyl (C=O) groups excluding carboxylic acids is 2. The van der Waals surface area contributed by atoms with Crippen LogP contribution in [0.1, 0.15) is 31.8 Å². The maximum absolute atomic E-state index is 13.0. The Morgan fingerprint density at radius 3 is 1.12 bits per heavy atom. The van der Waals surface area contributed by atoms with Crippen LogP contribution < -0.4 is 0 Å². The highest BCUT2D eigenvalue weighted by Gasteiger charge is 2.83. The number of alkyl halides is 9. The van der Waals surface area contributed by atoms with E-state index in [-0.39, 0.29) is 22.5 Å². The predicted octanol–water partition coefficient (Wildman–Crippen LogP) is 11.4. The largest absolute Gasteiger partial charge is 0.743 e. The fourth-order valence-corrected chi connectivity index (χ4v) is 8.51. The molecular weight excluding hydrogens is 852 g/mol. The van der Waals surface area contributed by atoms with Gasteiger partial charge in [0.2, 0.25) is 0 Å². The summed E-state index contributed by atoms with van der Waals surface area (Å²) in [6.07, 6.45) is -7.16. The summed E-state index contributed by atoms with van der Waals surface area (Å²) in [6.45, 7) is 0. The number of ketones is 2. The van der Waals surface area contributed by atoms with E-state index in [1.165, 1.54) is 9.79 Å². The Morgan fingerprint density at radius 2 is 0.746 bits per heavy atom. The van der Waals surface area contributed by atoms with Gasteiger partial charge in [-0.15, -0.1) is 0 Å². The van der Waals surface area contributed by atoms with E-state index in [0.29, 0.717) is 22.3 Å². The highest BCUT2D eigenvalue weighted by Crippen LogP contribution is 2.54. The average molecular weight is 879 g/mol. The third-order valence-electron chi connectivity index (χ3n) is 8.24. The van der Waals surface area contributed by atoms with Gasteiger partial charge in [0.1, 0.15) is 0 Å². The molecule has 0 saturated heterocycles. The molecule has 0 aliphatic carbocycles. The van der Waals surface area contributed by atoms with Crippen molar-refractivity contribution in [1.29, 1.82) is 0 Å². The van der Waals surface area contributed by atoms with Crippen molar-refractivity contribution in [2.24, 2.45) is 0 Å². The van der Waals surface area contributed by atoms with Crippen molar-refractivity contribution in [3.05, 3.63) is 186 Å². The number of carbonyl (C=O) groups is 2. The lowest BCUT2D eigenvalue weighted by molar-refractivity contribution is -0.382. The molecule has 0 amide bonds. The smallest absolute Gasteiger partial charge is 0.460 e. The minimum atomic E-state index is -7.43. The van der Waals surface area contributed by atoms with E-state index in [1.54, 1.807) is 11.8 Å². The minimum absolute atomic E-state index is 0.0283. The lowest BCUT2D eigenvalue weighted by Crippen LogP contribution is -2.63. The van der Waals surface area contributed by atoms with Gasteiger partial charge in [-0.2, -0.15) is 39.5 Å². The first-order valence-electron chi connectivity index (χ1n) is 16.8. The summed E-state index contributed by atoms with van der Waals surface area (Å²) in [4.78, 5) is 31.5. The maximum atomic E-state index is 13.0. The van der Waals surface area contributed by atoms with E-state index in [2.05, 4.69) is 60.7 Å². The van der Waals surface area contributed by atoms with Crippen molar-refractivity contribution >= 4 is 44.3 Å². The van der Waals surface area contributed by atoms with Crippen LogP contribution in [0.5, 0.6) is 0 Å². The van der Waals surface area contributed by atoms with Crippen LogP contribution in [-0.4, -0.2) is 47.8 Å². The first-order chi connectivity index (χ1) is 27.7. The van der Waals surface area contributed by atoms with Crippen molar-refractivity contribution in [2.45, 2.75) is 47.8 Å². The molecule has 0 radical (unpaired) electrons. The van der Waals surface area contributed by atoms with E-state index >= 15 is 0 Å². The first-order valence-corrected chi connectivity index (χ1v) is 20.2. The van der Waals surface area contributed by atoms with Gasteiger partial charge in [-0.3, -0.25) is 9.59 Å². The summed E-state index contributed by atoms with van der Waals surface area (Å²) in [5.74, 6) is -14.8. The van der Waals surface area contributed by atoms with E-state index in [9.17, 15) is 62.1 Å². The topological polar surface area (TPSA) is 91.3 Å². The molecule has 0 bridgehead atoms. The second-order valence-corrected chi connectivity index (χ2v) is 16.8. The Kier molecular flexibility index (Phi) is 13.5. The van der Waals surface area contributed by atoms with Crippen LogP contribution in [0.4, 0.5) is 39.5 Å². The average Bonchev–Trinajstić information content (AvgIpc) is 3.22. The second kappa shape index (κ2) is 17.9. The molecule has 0 saturated carbocycles. The molecule has 6 rings (SSSR count). The molecule has 0 aliphatic rings. The molecule has 0 aromatic heterocycles. The van der Waals surface area contributed by atoms with Crippen LogP contribution in [0.15, 0.2) is 188 Å². The number of hydrogen-bond acceptors (Lipinski definition) is 6. The standard InChI is InChI=1S/C38H27O2S2.C4HF9O3S/c39-37(28-10-4-1-5-11-28)30-16-20-32(21-17-30)41-33-22-26-36(27-23-33)42(34-14-8-3-9-15-34)35-24-18-31(19-25-35)38(40)29-12-6-2-7-13-29;5-1(6,3(9,10)11)2(7,8)4(12,13)17(14,15)16/h1-27H;(H,14,15,16)/q+1;/p-1. The quantitative estimate of drug-likeness (QED) is 0.0526. The summed E-state index contributed by atoms with van der Waals surface area (Å²) in [6, 6.07) is 53.7. The molecule has 0 aliphatic heterocycles. The molecule has 0 heterocycles. The third-order valence-corrected chi connectivity index (χ3v) is 12.4. The molecule has 306 valence electrons. The van der Waals surface area contributed by atoms with E-state index < -0.39 is 33.4 Å². The van der Waals surface area contributed by atoms with Crippen LogP contribution in [0, 0.1) is 0 Å². The van der Waals surface area contributed by atoms with Crippen LogP contribution >= 0.6 is 11.8 Å². The lowest BCUT2D eigenvalue weighted by Gasteiger charge is -2.34. The van der Waals surface area contributed by atoms with E-state index in [4.69, 9.17) is 0 Å². The Labute approximate surface area is 339 Å². The van der Waals surface area contributed by atoms with E-state index in [1.807, 2.05) is 103 Å². The molecule has 17 heteroatoms. The van der Waals surface area contributed by atoms with Crippen molar-refractivity contribution in [2.75, 3.05) is 0 Å². The molecule has 1 atom stereocenters. The highest BCUT2D eigenvalue weighted by atomic mass is 32.2. The number of hydrogen-bond donors (Lipinski definition) is 0. The van der Waals surface area contributed by atoms with Gasteiger partial charge in [-0.25, -0.2) is 8.42 Å². The molecule has 59 heavy (non-hydrogen) atoms. The van der Waals surface area contributed by atoms with E-state index in [0.717, 1.165) is 14.7 Å². The monoisotopic (exact) mass is 878 g/mol. The zero-order chi connectivity index (χ0) is 43.2. The molecule has 0 spiro atoms. The molecule has 1 unspecified atom stereocenters. The summed E-state index contributed by atoms with van der Waals surface area (Å²) >= 11 is 1.67. The van der Waals surface area contributed by atoms with Crippen molar-refractivity contribution in [1.82, 2.24) is 0 Å². The number of halogens is 9. The van der Waals surface area contributed by atoms with Gasteiger partial charge in [0.15, 0.2) is 36.4 Å². The predicted molar refractivity (Wildman–Crippen MR) is 202 cm³/mol. The molecular formula is C42H27F9O5S3. The molecule has 5 nitrogen and oxygen atoms in total. The van der Waals surface area contributed by atoms with Gasteiger partial charge in [0.05, 0.1) is 10.9 Å². The van der Waals surface area contributed by atoms with Crippen LogP contribution in [0.25, 0.3) is 0 Å². The van der Waals surface area contributed by atoms with Crippen molar-refractivity contribution < 1.29 is 62.1 Å². The zero-order valence-corrected chi connectivity index (χ0v) is 32.2. The number of rotatable bonds is 12. The normalized spacial score (nSPS) is 12.8. The van der Waals surface area contributed by atoms with Crippen molar-refractivity contribution in [3.63, 3.8) is 0 Å². The SMILES string of the molecule is O=C(c1ccccc1)c1ccc(Sc2ccc([S+](c3ccccc3)c3ccc(C(=O)c4ccccc4)cc3)cc2)cc1.O=S(=O)([O-])C(F)(F)C(F)(F)C(F)(F)C(F)(F)F. The second-order valence-electron chi connectivity index (χ2n) is 12.2. The van der Waals surface area contributed by atoms with Crippen LogP contribution in [0.3, 0.4) is 0 Å². The van der Waals surface area contributed by atoms with Gasteiger partial charge in [0.25, 0.3) is 0 Å². The Morgan fingerprint density at radius 1 is 0.441 bits per heavy atom. The van der Waals surface area contributed by atoms with Gasteiger partial charge in [-0.05, 0) is 84.9 Å². The lowest BCUT2D eigenvalue weighted by atomic mass is 10.0. The van der Waals surface area contributed by atoms with Crippen LogP contribution in [0.2, 0.25) is 0 Å². The Balaban J connectivity index is 0.000000330. The zero-order valence-electron chi connectivity index (χ0n) is 29.8. The molecule has 6 aromatic carbocycles. The number of benzene rings is 6. The summed E-state index contributed by atoms with van der Waals surface area (Å²) in [7, 11) is -7.74. The highest BCUT2D eigenvalue weighted by molar-refractivity contribution is 7.99. The van der Waals surface area contributed by atoms with Gasteiger partial charge >= 0.3 is 23.3 Å². The van der Waals surface area contributed by atoms with Crippen LogP contribution in [-0.2, 0) is 21.0 Å². The minimum Gasteiger partial charge on any atom is -0.743 e. The summed E-state index contributed by atoms with van der Waals surface area (Å²) < 4.78 is 135. The molecule has 0 N–H and O–H groups in total. The Bertz CT molecular complexity index is 2470. The fraction of sp³-hybridized carbons (Fsp3) is 0.0952.